The number of benzene rings is 1. The van der Waals surface area contributed by atoms with Crippen LogP contribution in [0.5, 0.6) is 5.75 Å². The number of alkyl halides is 3. The Labute approximate surface area is 141 Å². The van der Waals surface area contributed by atoms with Crippen LogP contribution in [0, 0.1) is 13.8 Å². The second-order valence-corrected chi connectivity index (χ2v) is 6.06. The van der Waals surface area contributed by atoms with E-state index in [1.807, 2.05) is 0 Å². The first-order valence-corrected chi connectivity index (χ1v) is 8.39. The predicted molar refractivity (Wildman–Crippen MR) is 83.8 cm³/mol. The van der Waals surface area contributed by atoms with E-state index in [4.69, 9.17) is 4.74 Å². The molecule has 0 fully saturated rings. The van der Waals surface area contributed by atoms with Gasteiger partial charge >= 0.3 is 6.18 Å². The smallest absolute Gasteiger partial charge is 0.437 e. The molecule has 0 aliphatic carbocycles. The summed E-state index contributed by atoms with van der Waals surface area (Å²) in [4.78, 5) is 4.58. The van der Waals surface area contributed by atoms with Crippen molar-refractivity contribution in [2.24, 2.45) is 5.16 Å². The number of rotatable bonds is 7. The third-order valence-electron chi connectivity index (χ3n) is 3.10. The van der Waals surface area contributed by atoms with Crippen LogP contribution in [0.4, 0.5) is 13.2 Å². The van der Waals surface area contributed by atoms with Gasteiger partial charge in [0.2, 0.25) is 0 Å². The van der Waals surface area contributed by atoms with Crippen LogP contribution in [0.2, 0.25) is 0 Å². The number of ether oxygens (including phenoxy) is 1. The average Bonchev–Trinajstić information content (AvgIpc) is 2.45. The molecule has 9 heteroatoms. The molecule has 0 spiro atoms. The van der Waals surface area contributed by atoms with E-state index in [0.717, 1.165) is 0 Å². The van der Waals surface area contributed by atoms with Crippen LogP contribution in [0.3, 0.4) is 0 Å². The van der Waals surface area contributed by atoms with Gasteiger partial charge in [0.15, 0.2) is 11.1 Å². The molecular weight excluding hydrogens is 347 g/mol. The van der Waals surface area contributed by atoms with Gasteiger partial charge in [-0.25, -0.2) is 0 Å². The molecule has 0 heterocycles. The van der Waals surface area contributed by atoms with Gasteiger partial charge in [-0.3, -0.25) is 4.21 Å². The zero-order valence-electron chi connectivity index (χ0n) is 13.8. The second kappa shape index (κ2) is 8.48. The second-order valence-electron chi connectivity index (χ2n) is 5.01. The maximum atomic E-state index is 13.3. The molecule has 0 radical (unpaired) electrons. The van der Waals surface area contributed by atoms with Crippen molar-refractivity contribution in [2.45, 2.75) is 45.7 Å². The molecule has 0 aliphatic heterocycles. The van der Waals surface area contributed by atoms with Crippen molar-refractivity contribution in [1.29, 1.82) is 0 Å². The van der Waals surface area contributed by atoms with E-state index < -0.39 is 28.4 Å². The number of hydrogen-bond donors (Lipinski definition) is 0. The fourth-order valence-electron chi connectivity index (χ4n) is 2.08. The largest absolute Gasteiger partial charge is 0.769 e. The molecular formula is C15H19F3NO4S-. The fraction of sp³-hybridized carbons (Fsp3) is 0.533. The average molecular weight is 366 g/mol. The summed E-state index contributed by atoms with van der Waals surface area (Å²) in [6.45, 7) is 6.87. The summed E-state index contributed by atoms with van der Waals surface area (Å²) in [6, 6.07) is 2.56. The quantitative estimate of drug-likeness (QED) is 0.420. The maximum absolute atomic E-state index is 13.3. The minimum atomic E-state index is -4.80. The molecule has 24 heavy (non-hydrogen) atoms. The van der Waals surface area contributed by atoms with Crippen molar-refractivity contribution in [2.75, 3.05) is 6.61 Å². The van der Waals surface area contributed by atoms with Gasteiger partial charge < -0.3 is 14.1 Å². The lowest BCUT2D eigenvalue weighted by Crippen LogP contribution is -2.26. The molecule has 0 amide bonds. The van der Waals surface area contributed by atoms with E-state index >= 15 is 0 Å². The monoisotopic (exact) mass is 366 g/mol. The van der Waals surface area contributed by atoms with Crippen LogP contribution < -0.4 is 4.74 Å². The van der Waals surface area contributed by atoms with Gasteiger partial charge in [-0.1, -0.05) is 12.1 Å². The SMILES string of the molecule is CCOc1c(C)cc(C(=NOC(CC)S(=O)[O-])C(F)(F)F)cc1C. The van der Waals surface area contributed by atoms with E-state index in [1.54, 1.807) is 20.8 Å². The highest BCUT2D eigenvalue weighted by molar-refractivity contribution is 7.79. The highest BCUT2D eigenvalue weighted by Gasteiger charge is 2.38. The molecule has 0 aliphatic rings. The molecule has 0 saturated heterocycles. The first-order chi connectivity index (χ1) is 11.1. The fourth-order valence-corrected chi connectivity index (χ4v) is 2.47. The summed E-state index contributed by atoms with van der Waals surface area (Å²) in [7, 11) is 0. The summed E-state index contributed by atoms with van der Waals surface area (Å²) in [5.41, 5.74) is -1.91. The molecule has 0 aromatic heterocycles. The highest BCUT2D eigenvalue weighted by atomic mass is 32.2. The summed E-state index contributed by atoms with van der Waals surface area (Å²) >= 11 is -2.68. The lowest BCUT2D eigenvalue weighted by atomic mass is 10.0. The van der Waals surface area contributed by atoms with Gasteiger partial charge in [0, 0.05) is 5.56 Å². The van der Waals surface area contributed by atoms with Crippen LogP contribution in [0.25, 0.3) is 0 Å². The van der Waals surface area contributed by atoms with Gasteiger partial charge in [-0.15, -0.1) is 0 Å². The highest BCUT2D eigenvalue weighted by Crippen LogP contribution is 2.29. The molecule has 0 N–H and O–H groups in total. The van der Waals surface area contributed by atoms with Crippen LogP contribution >= 0.6 is 0 Å². The van der Waals surface area contributed by atoms with E-state index in [9.17, 15) is 21.9 Å². The summed E-state index contributed by atoms with van der Waals surface area (Å²) in [5.74, 6) is 0.510. The van der Waals surface area contributed by atoms with Crippen LogP contribution in [0.1, 0.15) is 37.0 Å². The number of nitrogens with zero attached hydrogens (tertiary/aromatic N) is 1. The van der Waals surface area contributed by atoms with Gasteiger partial charge in [-0.05, 0) is 61.5 Å². The van der Waals surface area contributed by atoms with Crippen molar-refractivity contribution < 1.29 is 31.5 Å². The molecule has 1 aromatic rings. The lowest BCUT2D eigenvalue weighted by Gasteiger charge is -2.18. The van der Waals surface area contributed by atoms with Gasteiger partial charge in [-0.2, -0.15) is 13.2 Å². The Kier molecular flexibility index (Phi) is 7.22. The first-order valence-electron chi connectivity index (χ1n) is 7.25. The Hall–Kier alpha value is -1.61. The predicted octanol–water partition coefficient (Wildman–Crippen LogP) is 3.60. The first kappa shape index (κ1) is 20.4. The molecule has 5 nitrogen and oxygen atoms in total. The minimum absolute atomic E-state index is 0.0217. The van der Waals surface area contributed by atoms with Crippen LogP contribution in [-0.2, 0) is 15.9 Å². The van der Waals surface area contributed by atoms with Crippen LogP contribution in [0.15, 0.2) is 17.3 Å². The van der Waals surface area contributed by atoms with E-state index in [1.165, 1.54) is 19.1 Å². The Balaban J connectivity index is 3.30. The molecule has 2 atom stereocenters. The molecule has 2 unspecified atom stereocenters. The number of halogens is 3. The molecule has 0 bridgehead atoms. The van der Waals surface area contributed by atoms with Gasteiger partial charge in [0.05, 0.1) is 6.61 Å². The van der Waals surface area contributed by atoms with Crippen molar-refractivity contribution in [1.82, 2.24) is 0 Å². The van der Waals surface area contributed by atoms with E-state index in [-0.39, 0.29) is 12.0 Å². The van der Waals surface area contributed by atoms with Crippen LogP contribution in [-0.4, -0.2) is 32.7 Å². The molecule has 1 aromatic carbocycles. The standard InChI is InChI=1S/C15H20F3NO4S/c1-5-12(24(20)21)23-19-14(15(16,17)18)11-7-9(3)13(22-6-2)10(4)8-11/h7-8,12H,5-6H2,1-4H3,(H,20,21)/p-1. The summed E-state index contributed by atoms with van der Waals surface area (Å²) in [5, 5.41) is 3.07. The van der Waals surface area contributed by atoms with Crippen molar-refractivity contribution >= 4 is 16.8 Å². The summed E-state index contributed by atoms with van der Waals surface area (Å²) < 4.78 is 67.0. The Bertz CT molecular complexity index is 609. The lowest BCUT2D eigenvalue weighted by molar-refractivity contribution is -0.0620. The number of oxime groups is 1. The van der Waals surface area contributed by atoms with E-state index in [2.05, 4.69) is 9.99 Å². The molecule has 0 saturated carbocycles. The normalized spacial score (nSPS) is 15.1. The topological polar surface area (TPSA) is 71.0 Å². The van der Waals surface area contributed by atoms with Crippen molar-refractivity contribution in [3.05, 3.63) is 28.8 Å². The zero-order valence-corrected chi connectivity index (χ0v) is 14.6. The Morgan fingerprint density at radius 2 is 1.83 bits per heavy atom. The minimum Gasteiger partial charge on any atom is -0.769 e. The zero-order chi connectivity index (χ0) is 18.5. The third kappa shape index (κ3) is 5.20. The molecule has 136 valence electrons. The van der Waals surface area contributed by atoms with Crippen molar-refractivity contribution in [3.8, 4) is 5.75 Å². The third-order valence-corrected chi connectivity index (χ3v) is 3.95. The maximum Gasteiger partial charge on any atom is 0.437 e. The molecule has 1 rings (SSSR count). The Morgan fingerprint density at radius 3 is 2.21 bits per heavy atom. The van der Waals surface area contributed by atoms with Gasteiger partial charge in [0.1, 0.15) is 5.75 Å². The number of hydrogen-bond acceptors (Lipinski definition) is 5. The Morgan fingerprint density at radius 1 is 1.29 bits per heavy atom. The summed E-state index contributed by atoms with van der Waals surface area (Å²) in [6.07, 6.45) is -4.82. The van der Waals surface area contributed by atoms with Gasteiger partial charge in [0.25, 0.3) is 0 Å². The van der Waals surface area contributed by atoms with E-state index in [0.29, 0.717) is 23.5 Å². The number of aryl methyl sites for hydroxylation is 2. The van der Waals surface area contributed by atoms with Crippen molar-refractivity contribution in [3.63, 3.8) is 0 Å².